The van der Waals surface area contributed by atoms with E-state index in [4.69, 9.17) is 5.73 Å². The highest BCUT2D eigenvalue weighted by Crippen LogP contribution is 2.28. The minimum absolute atomic E-state index is 0.00863. The summed E-state index contributed by atoms with van der Waals surface area (Å²) in [5.41, 5.74) is 11.0. The summed E-state index contributed by atoms with van der Waals surface area (Å²) in [6, 6.07) is 14.3. The number of hydrogen-bond acceptors (Lipinski definition) is 4. The van der Waals surface area contributed by atoms with E-state index in [1.807, 2.05) is 23.1 Å². The average Bonchev–Trinajstić information content (AvgIpc) is 2.74. The summed E-state index contributed by atoms with van der Waals surface area (Å²) in [4.78, 5) is 18.1. The van der Waals surface area contributed by atoms with Gasteiger partial charge in [0.15, 0.2) is 0 Å². The number of anilines is 1. The van der Waals surface area contributed by atoms with Gasteiger partial charge in [-0.25, -0.2) is 0 Å². The van der Waals surface area contributed by atoms with Gasteiger partial charge in [0.25, 0.3) is 0 Å². The number of benzene rings is 2. The topological polar surface area (TPSA) is 52.8 Å². The van der Waals surface area contributed by atoms with Crippen molar-refractivity contribution in [2.45, 2.75) is 25.9 Å². The summed E-state index contributed by atoms with van der Waals surface area (Å²) in [6.07, 6.45) is 1.59. The van der Waals surface area contributed by atoms with Gasteiger partial charge < -0.3 is 20.4 Å². The van der Waals surface area contributed by atoms with Crippen molar-refractivity contribution in [1.82, 2.24) is 14.7 Å². The number of likely N-dealkylation sites (N-methyl/N-ethyl adjacent to an activating group) is 2. The predicted octanol–water partition coefficient (Wildman–Crippen LogP) is 4.65. The quantitative estimate of drug-likeness (QED) is 0.350. The van der Waals surface area contributed by atoms with Crippen LogP contribution in [0.1, 0.15) is 36.1 Å². The summed E-state index contributed by atoms with van der Waals surface area (Å²) in [7, 11) is 6.32. The molecule has 31 heavy (non-hydrogen) atoms. The number of carbonyl (C=O) groups excluding carboxylic acids is 1. The lowest BCUT2D eigenvalue weighted by Gasteiger charge is -2.26. The van der Waals surface area contributed by atoms with Gasteiger partial charge in [0.1, 0.15) is 0 Å². The van der Waals surface area contributed by atoms with Crippen LogP contribution in [0, 0.1) is 0 Å². The van der Waals surface area contributed by atoms with Crippen molar-refractivity contribution in [2.24, 2.45) is 0 Å². The van der Waals surface area contributed by atoms with Gasteiger partial charge in [0, 0.05) is 41.9 Å². The second-order valence-electron chi connectivity index (χ2n) is 8.39. The van der Waals surface area contributed by atoms with Crippen LogP contribution in [0.4, 0.5) is 5.69 Å². The second-order valence-corrected chi connectivity index (χ2v) is 9.30. The molecule has 2 rings (SSSR count). The predicted molar refractivity (Wildman–Crippen MR) is 135 cm³/mol. The Morgan fingerprint density at radius 3 is 2.39 bits per heavy atom. The molecule has 0 aliphatic rings. The minimum atomic E-state index is -0.00863. The van der Waals surface area contributed by atoms with Gasteiger partial charge in [-0.05, 0) is 69.4 Å². The van der Waals surface area contributed by atoms with E-state index < -0.39 is 0 Å². The third kappa shape index (κ3) is 7.80. The molecule has 2 aromatic rings. The molecular weight excluding hydrogens is 452 g/mol. The Morgan fingerprint density at radius 1 is 1.10 bits per heavy atom. The molecule has 0 aliphatic heterocycles. The molecule has 5 nitrogen and oxygen atoms in total. The Bertz CT molecular complexity index is 866. The normalized spacial score (nSPS) is 12.2. The molecule has 0 aliphatic carbocycles. The third-order valence-electron chi connectivity index (χ3n) is 5.54. The molecule has 6 heteroatoms. The van der Waals surface area contributed by atoms with Gasteiger partial charge in [-0.2, -0.15) is 0 Å². The minimum Gasteiger partial charge on any atom is -0.398 e. The van der Waals surface area contributed by atoms with Crippen molar-refractivity contribution in [1.29, 1.82) is 0 Å². The second kappa shape index (κ2) is 12.0. The van der Waals surface area contributed by atoms with Crippen LogP contribution in [-0.2, 0) is 11.3 Å². The molecule has 0 radical (unpaired) electrons. The number of carbonyl (C=O) groups is 1. The summed E-state index contributed by atoms with van der Waals surface area (Å²) < 4.78 is 0.964. The molecule has 168 valence electrons. The molecule has 1 amide bonds. The van der Waals surface area contributed by atoms with E-state index in [1.165, 1.54) is 5.56 Å². The Kier molecular flexibility index (Phi) is 9.75. The van der Waals surface area contributed by atoms with Crippen LogP contribution in [0.25, 0.3) is 5.57 Å². The van der Waals surface area contributed by atoms with Crippen molar-refractivity contribution in [3.8, 4) is 0 Å². The first-order chi connectivity index (χ1) is 14.7. The van der Waals surface area contributed by atoms with E-state index in [9.17, 15) is 4.79 Å². The Hall–Kier alpha value is -2.15. The van der Waals surface area contributed by atoms with Crippen LogP contribution in [-0.4, -0.2) is 61.9 Å². The SMILES string of the molecule is C=C(CCN(C=O)C(C)c1ccc(CN(C)CCN(C)C)cc1)c1cc(Br)ccc1N. The van der Waals surface area contributed by atoms with Gasteiger partial charge in [-0.3, -0.25) is 4.79 Å². The maximum absolute atomic E-state index is 11.8. The molecule has 0 fully saturated rings. The Balaban J connectivity index is 1.95. The fourth-order valence-corrected chi connectivity index (χ4v) is 3.79. The zero-order valence-electron chi connectivity index (χ0n) is 19.1. The van der Waals surface area contributed by atoms with E-state index in [0.29, 0.717) is 18.7 Å². The van der Waals surface area contributed by atoms with Crippen molar-refractivity contribution in [3.63, 3.8) is 0 Å². The van der Waals surface area contributed by atoms with Crippen LogP contribution in [0.5, 0.6) is 0 Å². The molecule has 0 bridgehead atoms. The fraction of sp³-hybridized carbons (Fsp3) is 0.400. The van der Waals surface area contributed by atoms with Crippen LogP contribution in [0.2, 0.25) is 0 Å². The number of hydrogen-bond donors (Lipinski definition) is 1. The van der Waals surface area contributed by atoms with Gasteiger partial charge in [-0.15, -0.1) is 0 Å². The average molecular weight is 487 g/mol. The standard InChI is InChI=1S/C25H35BrN4O/c1-19(24-16-23(26)10-11-25(24)27)12-13-30(18-31)20(2)22-8-6-21(7-9-22)17-29(5)15-14-28(3)4/h6-11,16,18,20H,1,12-15,17,27H2,2-5H3. The van der Waals surface area contributed by atoms with Crippen LogP contribution < -0.4 is 5.73 Å². The van der Waals surface area contributed by atoms with E-state index in [2.05, 4.69) is 84.6 Å². The lowest BCUT2D eigenvalue weighted by atomic mass is 10.0. The van der Waals surface area contributed by atoms with Crippen molar-refractivity contribution in [3.05, 3.63) is 70.2 Å². The number of halogens is 1. The number of nitrogens with zero attached hydrogens (tertiary/aromatic N) is 3. The van der Waals surface area contributed by atoms with Crippen molar-refractivity contribution in [2.75, 3.05) is 46.5 Å². The maximum Gasteiger partial charge on any atom is 0.210 e. The molecule has 0 heterocycles. The van der Waals surface area contributed by atoms with Gasteiger partial charge in [0.05, 0.1) is 6.04 Å². The lowest BCUT2D eigenvalue weighted by molar-refractivity contribution is -0.119. The molecule has 0 saturated heterocycles. The molecular formula is C25H35BrN4O. The molecule has 0 aromatic heterocycles. The van der Waals surface area contributed by atoms with Crippen LogP contribution in [0.3, 0.4) is 0 Å². The molecule has 1 atom stereocenters. The summed E-state index contributed by atoms with van der Waals surface area (Å²) in [5, 5.41) is 0. The Morgan fingerprint density at radius 2 is 1.77 bits per heavy atom. The fourth-order valence-electron chi connectivity index (χ4n) is 3.43. The lowest BCUT2D eigenvalue weighted by Crippen LogP contribution is -2.28. The van der Waals surface area contributed by atoms with Gasteiger partial charge in [0.2, 0.25) is 6.41 Å². The van der Waals surface area contributed by atoms with E-state index in [1.54, 1.807) is 0 Å². The van der Waals surface area contributed by atoms with Gasteiger partial charge >= 0.3 is 0 Å². The van der Waals surface area contributed by atoms with Crippen molar-refractivity contribution >= 4 is 33.6 Å². The Labute approximate surface area is 195 Å². The molecule has 2 N–H and O–H groups in total. The van der Waals surface area contributed by atoms with Crippen LogP contribution >= 0.6 is 15.9 Å². The number of rotatable bonds is 12. The largest absolute Gasteiger partial charge is 0.398 e. The summed E-state index contributed by atoms with van der Waals surface area (Å²) >= 11 is 3.48. The highest BCUT2D eigenvalue weighted by atomic mass is 79.9. The third-order valence-corrected chi connectivity index (χ3v) is 6.04. The molecule has 1 unspecified atom stereocenters. The summed E-state index contributed by atoms with van der Waals surface area (Å²) in [6.45, 7) is 9.80. The number of amides is 1. The zero-order chi connectivity index (χ0) is 23.0. The highest BCUT2D eigenvalue weighted by Gasteiger charge is 2.15. The van der Waals surface area contributed by atoms with E-state index in [0.717, 1.165) is 47.2 Å². The summed E-state index contributed by atoms with van der Waals surface area (Å²) in [5.74, 6) is 0. The first kappa shape index (κ1) is 25.1. The maximum atomic E-state index is 11.8. The molecule has 0 saturated carbocycles. The van der Waals surface area contributed by atoms with Gasteiger partial charge in [-0.1, -0.05) is 46.8 Å². The highest BCUT2D eigenvalue weighted by molar-refractivity contribution is 9.10. The van der Waals surface area contributed by atoms with Crippen molar-refractivity contribution < 1.29 is 4.79 Å². The molecule has 2 aromatic carbocycles. The first-order valence-corrected chi connectivity index (χ1v) is 11.4. The zero-order valence-corrected chi connectivity index (χ0v) is 20.7. The first-order valence-electron chi connectivity index (χ1n) is 10.6. The van der Waals surface area contributed by atoms with E-state index in [-0.39, 0.29) is 6.04 Å². The van der Waals surface area contributed by atoms with E-state index >= 15 is 0 Å². The monoisotopic (exact) mass is 486 g/mol. The van der Waals surface area contributed by atoms with Crippen LogP contribution in [0.15, 0.2) is 53.5 Å². The number of nitrogen functional groups attached to an aromatic ring is 1. The molecule has 0 spiro atoms. The smallest absolute Gasteiger partial charge is 0.210 e. The number of nitrogens with two attached hydrogens (primary N) is 1.